The van der Waals surface area contributed by atoms with Gasteiger partial charge in [-0.2, -0.15) is 0 Å². The number of hydrogen-bond donors (Lipinski definition) is 3. The third kappa shape index (κ3) is 4.65. The van der Waals surface area contributed by atoms with Gasteiger partial charge in [0, 0.05) is 22.4 Å². The number of nitrogen functional groups attached to an aromatic ring is 1. The highest BCUT2D eigenvalue weighted by Gasteiger charge is 1.98. The Hall–Kier alpha value is -0.870. The minimum absolute atomic E-state index is 0.107. The maximum absolute atomic E-state index is 7.07. The highest BCUT2D eigenvalue weighted by molar-refractivity contribution is 7.10. The summed E-state index contributed by atoms with van der Waals surface area (Å²) in [5.41, 5.74) is 11.4. The van der Waals surface area contributed by atoms with E-state index < -0.39 is 0 Å². The second-order valence-corrected chi connectivity index (χ2v) is 3.62. The Morgan fingerprint density at radius 3 is 2.31 bits per heavy atom. The molecule has 0 bridgehead atoms. The lowest BCUT2D eigenvalue weighted by atomic mass is 10.3. The minimum atomic E-state index is 0.107. The molecule has 0 spiro atoms. The summed E-state index contributed by atoms with van der Waals surface area (Å²) >= 11 is 1.53. The Kier molecular flexibility index (Phi) is 6.18. The van der Waals surface area contributed by atoms with E-state index in [1.165, 1.54) is 17.8 Å². The van der Waals surface area contributed by atoms with Gasteiger partial charge in [-0.1, -0.05) is 20.3 Å². The van der Waals surface area contributed by atoms with E-state index in [1.807, 2.05) is 11.4 Å². The first-order chi connectivity index (χ1) is 6.15. The lowest BCUT2D eigenvalue weighted by Gasteiger charge is -1.87. The van der Waals surface area contributed by atoms with Gasteiger partial charge in [-0.15, -0.1) is 11.3 Å². The Balaban J connectivity index is 0.000000424. The number of amidine groups is 1. The van der Waals surface area contributed by atoms with Gasteiger partial charge in [0.25, 0.3) is 0 Å². The van der Waals surface area contributed by atoms with Crippen LogP contribution in [0.15, 0.2) is 11.4 Å². The van der Waals surface area contributed by atoms with Crippen molar-refractivity contribution in [3.63, 3.8) is 0 Å². The van der Waals surface area contributed by atoms with Crippen molar-refractivity contribution < 1.29 is 0 Å². The van der Waals surface area contributed by atoms with E-state index in [0.29, 0.717) is 6.54 Å². The van der Waals surface area contributed by atoms with Gasteiger partial charge in [-0.3, -0.25) is 5.41 Å². The molecular formula is C9H17N3S. The summed E-state index contributed by atoms with van der Waals surface area (Å²) in [6, 6.07) is 1.84. The number of hydrogen-bond acceptors (Lipinski definition) is 3. The standard InChI is InChI=1S/C6H9N3S.C3H8/c7-2-5-1-4(3-10-5)6(8)9;1-3-2/h1,3H,2,7H2,(H3,8,9);3H2,1-2H3. The molecule has 0 unspecified atom stereocenters. The van der Waals surface area contributed by atoms with Crippen molar-refractivity contribution in [1.82, 2.24) is 0 Å². The second kappa shape index (κ2) is 6.62. The normalized spacial score (nSPS) is 8.85. The van der Waals surface area contributed by atoms with Crippen LogP contribution in [0, 0.1) is 5.41 Å². The molecule has 3 nitrogen and oxygen atoms in total. The third-order valence-electron chi connectivity index (χ3n) is 1.17. The third-order valence-corrected chi connectivity index (χ3v) is 2.12. The van der Waals surface area contributed by atoms with E-state index in [9.17, 15) is 0 Å². The largest absolute Gasteiger partial charge is 0.384 e. The van der Waals surface area contributed by atoms with Crippen LogP contribution in [-0.2, 0) is 6.54 Å². The molecule has 1 heterocycles. The summed E-state index contributed by atoms with van der Waals surface area (Å²) in [4.78, 5) is 1.06. The van der Waals surface area contributed by atoms with Gasteiger partial charge >= 0.3 is 0 Å². The van der Waals surface area contributed by atoms with Crippen molar-refractivity contribution >= 4 is 17.2 Å². The van der Waals surface area contributed by atoms with E-state index in [-0.39, 0.29) is 5.84 Å². The molecule has 4 heteroatoms. The topological polar surface area (TPSA) is 75.9 Å². The first-order valence-corrected chi connectivity index (χ1v) is 5.15. The smallest absolute Gasteiger partial charge is 0.123 e. The fourth-order valence-electron chi connectivity index (χ4n) is 0.629. The van der Waals surface area contributed by atoms with Gasteiger partial charge < -0.3 is 11.5 Å². The van der Waals surface area contributed by atoms with Crippen LogP contribution in [0.2, 0.25) is 0 Å². The van der Waals surface area contributed by atoms with Gasteiger partial charge in [0.15, 0.2) is 0 Å². The Morgan fingerprint density at radius 1 is 1.54 bits per heavy atom. The highest BCUT2D eigenvalue weighted by atomic mass is 32.1. The van der Waals surface area contributed by atoms with Gasteiger partial charge in [-0.05, 0) is 6.07 Å². The number of nitrogens with one attached hydrogen (secondary N) is 1. The zero-order valence-electron chi connectivity index (χ0n) is 8.13. The van der Waals surface area contributed by atoms with E-state index in [4.69, 9.17) is 16.9 Å². The molecule has 5 N–H and O–H groups in total. The highest BCUT2D eigenvalue weighted by Crippen LogP contribution is 2.12. The van der Waals surface area contributed by atoms with E-state index in [1.54, 1.807) is 0 Å². The predicted molar refractivity (Wildman–Crippen MR) is 59.2 cm³/mol. The molecule has 1 rings (SSSR count). The summed E-state index contributed by atoms with van der Waals surface area (Å²) in [6.07, 6.45) is 1.25. The Labute approximate surface area is 83.3 Å². The van der Waals surface area contributed by atoms with Crippen molar-refractivity contribution in [2.75, 3.05) is 0 Å². The maximum Gasteiger partial charge on any atom is 0.123 e. The molecule has 0 aliphatic heterocycles. The van der Waals surface area contributed by atoms with Gasteiger partial charge in [0.2, 0.25) is 0 Å². The molecule has 0 aromatic carbocycles. The molecule has 0 radical (unpaired) electrons. The van der Waals surface area contributed by atoms with Crippen LogP contribution in [0.3, 0.4) is 0 Å². The molecule has 0 saturated heterocycles. The molecule has 0 aliphatic rings. The van der Waals surface area contributed by atoms with E-state index in [2.05, 4.69) is 13.8 Å². The quantitative estimate of drug-likeness (QED) is 0.502. The Morgan fingerprint density at radius 2 is 2.08 bits per heavy atom. The average molecular weight is 199 g/mol. The fourth-order valence-corrected chi connectivity index (χ4v) is 1.39. The zero-order valence-corrected chi connectivity index (χ0v) is 8.95. The van der Waals surface area contributed by atoms with Gasteiger partial charge in [0.1, 0.15) is 5.84 Å². The molecular weight excluding hydrogens is 182 g/mol. The van der Waals surface area contributed by atoms with Crippen molar-refractivity contribution in [2.24, 2.45) is 11.5 Å². The molecule has 1 aromatic heterocycles. The molecule has 0 amide bonds. The summed E-state index contributed by atoms with van der Waals surface area (Å²) in [6.45, 7) is 4.78. The summed E-state index contributed by atoms with van der Waals surface area (Å²) in [5.74, 6) is 0.107. The van der Waals surface area contributed by atoms with Crippen LogP contribution in [-0.4, -0.2) is 5.84 Å². The van der Waals surface area contributed by atoms with Crippen LogP contribution < -0.4 is 11.5 Å². The second-order valence-electron chi connectivity index (χ2n) is 2.63. The molecule has 13 heavy (non-hydrogen) atoms. The average Bonchev–Trinajstić information content (AvgIpc) is 2.53. The summed E-state index contributed by atoms with van der Waals surface area (Å²) < 4.78 is 0. The van der Waals surface area contributed by atoms with E-state index in [0.717, 1.165) is 10.4 Å². The lowest BCUT2D eigenvalue weighted by Crippen LogP contribution is -2.09. The van der Waals surface area contributed by atoms with Crippen LogP contribution in [0.4, 0.5) is 0 Å². The number of rotatable bonds is 2. The minimum Gasteiger partial charge on any atom is -0.384 e. The van der Waals surface area contributed by atoms with E-state index >= 15 is 0 Å². The summed E-state index contributed by atoms with van der Waals surface area (Å²) in [7, 11) is 0. The molecule has 0 saturated carbocycles. The number of nitrogens with two attached hydrogens (primary N) is 2. The first-order valence-electron chi connectivity index (χ1n) is 4.27. The van der Waals surface area contributed by atoms with Crippen molar-refractivity contribution in [3.8, 4) is 0 Å². The molecule has 74 valence electrons. The summed E-state index contributed by atoms with van der Waals surface area (Å²) in [5, 5.41) is 8.91. The van der Waals surface area contributed by atoms with Crippen LogP contribution in [0.25, 0.3) is 0 Å². The number of thiophene rings is 1. The first kappa shape index (κ1) is 12.1. The van der Waals surface area contributed by atoms with Crippen LogP contribution in [0.1, 0.15) is 30.7 Å². The van der Waals surface area contributed by atoms with Crippen LogP contribution in [0.5, 0.6) is 0 Å². The molecule has 0 fully saturated rings. The SMILES string of the molecule is CCC.N=C(N)c1csc(CN)c1. The maximum atomic E-state index is 7.07. The van der Waals surface area contributed by atoms with Gasteiger partial charge in [0.05, 0.1) is 0 Å². The molecule has 0 aliphatic carbocycles. The van der Waals surface area contributed by atoms with Crippen molar-refractivity contribution in [1.29, 1.82) is 5.41 Å². The lowest BCUT2D eigenvalue weighted by molar-refractivity contribution is 1.09. The van der Waals surface area contributed by atoms with Crippen molar-refractivity contribution in [3.05, 3.63) is 21.9 Å². The van der Waals surface area contributed by atoms with Gasteiger partial charge in [-0.25, -0.2) is 0 Å². The zero-order chi connectivity index (χ0) is 10.3. The van der Waals surface area contributed by atoms with Crippen molar-refractivity contribution in [2.45, 2.75) is 26.8 Å². The predicted octanol–water partition coefficient (Wildman–Crippen LogP) is 1.91. The molecule has 1 aromatic rings. The molecule has 0 atom stereocenters. The van der Waals surface area contributed by atoms with Crippen LogP contribution >= 0.6 is 11.3 Å². The Bertz CT molecular complexity index is 255. The fraction of sp³-hybridized carbons (Fsp3) is 0.444. The monoisotopic (exact) mass is 199 g/mol.